The quantitative estimate of drug-likeness (QED) is 0.370. The molecular formula is C20H23ClO2S. The van der Waals surface area contributed by atoms with Crippen LogP contribution in [0.3, 0.4) is 0 Å². The fourth-order valence-electron chi connectivity index (χ4n) is 2.95. The summed E-state index contributed by atoms with van der Waals surface area (Å²) in [7, 11) is 0. The Labute approximate surface area is 153 Å². The summed E-state index contributed by atoms with van der Waals surface area (Å²) in [6, 6.07) is 7.81. The van der Waals surface area contributed by atoms with Crippen molar-refractivity contribution in [3.05, 3.63) is 59.2 Å². The molecule has 0 aromatic heterocycles. The van der Waals surface area contributed by atoms with Crippen LogP contribution in [0.2, 0.25) is 5.02 Å². The molecule has 2 atom stereocenters. The minimum atomic E-state index is -0.740. The van der Waals surface area contributed by atoms with Crippen LogP contribution in [0, 0.1) is 5.92 Å². The lowest BCUT2D eigenvalue weighted by Crippen LogP contribution is -2.28. The topological polar surface area (TPSA) is 34.1 Å². The second-order valence-electron chi connectivity index (χ2n) is 6.41. The second-order valence-corrected chi connectivity index (χ2v) is 8.30. The Hall–Kier alpha value is -1.32. The van der Waals surface area contributed by atoms with Gasteiger partial charge in [0, 0.05) is 5.02 Å². The van der Waals surface area contributed by atoms with Gasteiger partial charge in [-0.05, 0) is 50.8 Å². The van der Waals surface area contributed by atoms with Gasteiger partial charge in [-0.3, -0.25) is 9.59 Å². The van der Waals surface area contributed by atoms with Gasteiger partial charge >= 0.3 is 0 Å². The second kappa shape index (κ2) is 8.17. The van der Waals surface area contributed by atoms with Gasteiger partial charge < -0.3 is 0 Å². The molecule has 24 heavy (non-hydrogen) atoms. The summed E-state index contributed by atoms with van der Waals surface area (Å²) < 4.78 is -0.740. The van der Waals surface area contributed by atoms with E-state index in [4.69, 9.17) is 11.6 Å². The molecule has 1 fully saturated rings. The first-order valence-electron chi connectivity index (χ1n) is 8.19. The van der Waals surface area contributed by atoms with Gasteiger partial charge in [-0.2, -0.15) is 0 Å². The van der Waals surface area contributed by atoms with Crippen molar-refractivity contribution in [3.63, 3.8) is 0 Å². The number of hydrogen-bond donors (Lipinski definition) is 0. The molecule has 1 aromatic rings. The highest BCUT2D eigenvalue weighted by molar-refractivity contribution is 8.16. The zero-order chi connectivity index (χ0) is 17.7. The summed E-state index contributed by atoms with van der Waals surface area (Å²) in [6.07, 6.45) is 6.97. The van der Waals surface area contributed by atoms with Crippen LogP contribution in [-0.2, 0) is 16.0 Å². The lowest BCUT2D eigenvalue weighted by Gasteiger charge is -2.16. The normalized spacial score (nSPS) is 24.5. The van der Waals surface area contributed by atoms with E-state index in [1.807, 2.05) is 44.2 Å². The molecule has 0 amide bonds. The molecule has 1 saturated heterocycles. The van der Waals surface area contributed by atoms with Gasteiger partial charge in [-0.25, -0.2) is 0 Å². The summed E-state index contributed by atoms with van der Waals surface area (Å²) in [6.45, 7) is 7.44. The summed E-state index contributed by atoms with van der Waals surface area (Å²) in [5.74, 6) is -0.440. The molecule has 1 unspecified atom stereocenters. The van der Waals surface area contributed by atoms with Crippen LogP contribution in [-0.4, -0.2) is 15.6 Å². The highest BCUT2D eigenvalue weighted by Gasteiger charge is 2.48. The average Bonchev–Trinajstić information content (AvgIpc) is 2.75. The van der Waals surface area contributed by atoms with Crippen molar-refractivity contribution in [3.8, 4) is 0 Å². The third-order valence-electron chi connectivity index (χ3n) is 4.35. The zero-order valence-electron chi connectivity index (χ0n) is 14.2. The first kappa shape index (κ1) is 19.0. The van der Waals surface area contributed by atoms with E-state index in [9.17, 15) is 9.59 Å². The largest absolute Gasteiger partial charge is 0.297 e. The number of hydrogen-bond acceptors (Lipinski definition) is 3. The van der Waals surface area contributed by atoms with Crippen LogP contribution in [0.15, 0.2) is 48.6 Å². The molecule has 4 heteroatoms. The van der Waals surface area contributed by atoms with E-state index in [0.29, 0.717) is 6.42 Å². The highest BCUT2D eigenvalue weighted by atomic mass is 35.5. The number of thioether (sulfide) groups is 1. The number of benzene rings is 1. The highest BCUT2D eigenvalue weighted by Crippen LogP contribution is 2.43. The first-order chi connectivity index (χ1) is 11.4. The Kier molecular flexibility index (Phi) is 6.47. The Balaban J connectivity index is 1.88. The van der Waals surface area contributed by atoms with Gasteiger partial charge in [0.15, 0.2) is 5.78 Å². The number of rotatable bonds is 7. The number of allylic oxidation sites excluding steroid dienone is 2. The molecule has 1 aliphatic heterocycles. The third-order valence-corrected chi connectivity index (χ3v) is 5.83. The van der Waals surface area contributed by atoms with Crippen LogP contribution in [0.25, 0.3) is 0 Å². The third kappa shape index (κ3) is 4.61. The maximum atomic E-state index is 12.7. The fourth-order valence-corrected chi connectivity index (χ4v) is 4.35. The Morgan fingerprint density at radius 2 is 1.96 bits per heavy atom. The Bertz CT molecular complexity index is 663. The van der Waals surface area contributed by atoms with E-state index in [2.05, 4.69) is 6.58 Å². The zero-order valence-corrected chi connectivity index (χ0v) is 15.8. The summed E-state index contributed by atoms with van der Waals surface area (Å²) in [5, 5.41) is 0.738. The van der Waals surface area contributed by atoms with Crippen LogP contribution in [0.1, 0.15) is 38.7 Å². The van der Waals surface area contributed by atoms with Gasteiger partial charge in [-0.15, -0.1) is 0 Å². The minimum absolute atomic E-state index is 0.00195. The average molecular weight is 363 g/mol. The molecular weight excluding hydrogens is 340 g/mol. The minimum Gasteiger partial charge on any atom is -0.297 e. The van der Waals surface area contributed by atoms with Crippen molar-refractivity contribution in [1.82, 2.24) is 0 Å². The maximum absolute atomic E-state index is 12.7. The number of unbranched alkanes of at least 4 members (excludes halogenated alkanes) is 1. The van der Waals surface area contributed by atoms with Crippen LogP contribution in [0.5, 0.6) is 0 Å². The van der Waals surface area contributed by atoms with Gasteiger partial charge in [0.05, 0.1) is 10.7 Å². The smallest absolute Gasteiger partial charge is 0.200 e. The lowest BCUT2D eigenvalue weighted by atomic mass is 9.89. The van der Waals surface area contributed by atoms with Gasteiger partial charge in [0.25, 0.3) is 0 Å². The van der Waals surface area contributed by atoms with Crippen molar-refractivity contribution < 1.29 is 9.59 Å². The number of aryl methyl sites for hydroxylation is 1. The molecule has 2 rings (SSSR count). The summed E-state index contributed by atoms with van der Waals surface area (Å²) >= 11 is 7.03. The number of carbonyl (C=O) groups is 2. The van der Waals surface area contributed by atoms with Gasteiger partial charge in [0.1, 0.15) is 0 Å². The van der Waals surface area contributed by atoms with E-state index in [-0.39, 0.29) is 10.9 Å². The molecule has 0 saturated carbocycles. The van der Waals surface area contributed by atoms with E-state index < -0.39 is 10.7 Å². The molecule has 0 bridgehead atoms. The van der Waals surface area contributed by atoms with E-state index in [0.717, 1.165) is 41.6 Å². The summed E-state index contributed by atoms with van der Waals surface area (Å²) in [5.41, 5.74) is 2.15. The number of ketones is 1. The molecule has 0 radical (unpaired) electrons. The molecule has 0 aliphatic carbocycles. The molecule has 0 N–H and O–H groups in total. The molecule has 0 spiro atoms. The van der Waals surface area contributed by atoms with Crippen molar-refractivity contribution in [2.24, 2.45) is 5.92 Å². The predicted octanol–water partition coefficient (Wildman–Crippen LogP) is 5.40. The van der Waals surface area contributed by atoms with E-state index in [1.165, 1.54) is 5.56 Å². The molecule has 1 aromatic carbocycles. The molecule has 2 nitrogen and oxygen atoms in total. The summed E-state index contributed by atoms with van der Waals surface area (Å²) in [4.78, 5) is 24.9. The van der Waals surface area contributed by atoms with Gasteiger partial charge in [0.2, 0.25) is 5.12 Å². The van der Waals surface area contributed by atoms with Crippen LogP contribution in [0.4, 0.5) is 0 Å². The first-order valence-corrected chi connectivity index (χ1v) is 9.38. The van der Waals surface area contributed by atoms with Crippen molar-refractivity contribution in [2.45, 2.75) is 44.3 Å². The SMILES string of the molecule is C=CC(C)=C[C@@]1(C)SC(=O)C(CCCCc2ccc(Cl)cc2)C1=O. The van der Waals surface area contributed by atoms with Crippen LogP contribution >= 0.6 is 23.4 Å². The van der Waals surface area contributed by atoms with Crippen molar-refractivity contribution >= 4 is 34.3 Å². The number of halogens is 1. The number of carbonyl (C=O) groups excluding carboxylic acids is 2. The van der Waals surface area contributed by atoms with E-state index >= 15 is 0 Å². The van der Waals surface area contributed by atoms with Crippen molar-refractivity contribution in [1.29, 1.82) is 0 Å². The van der Waals surface area contributed by atoms with E-state index in [1.54, 1.807) is 6.08 Å². The molecule has 1 aliphatic rings. The predicted molar refractivity (Wildman–Crippen MR) is 102 cm³/mol. The maximum Gasteiger partial charge on any atom is 0.200 e. The fraction of sp³-hybridized carbons (Fsp3) is 0.400. The van der Waals surface area contributed by atoms with Crippen molar-refractivity contribution in [2.75, 3.05) is 0 Å². The van der Waals surface area contributed by atoms with Gasteiger partial charge in [-0.1, -0.05) is 66.2 Å². The Morgan fingerprint density at radius 3 is 2.58 bits per heavy atom. The number of Topliss-reactive ketones (excluding diaryl/α,β-unsaturated/α-hetero) is 1. The lowest BCUT2D eigenvalue weighted by molar-refractivity contribution is -0.127. The Morgan fingerprint density at radius 1 is 1.29 bits per heavy atom. The molecule has 1 heterocycles. The monoisotopic (exact) mass is 362 g/mol. The van der Waals surface area contributed by atoms with Crippen LogP contribution < -0.4 is 0 Å². The molecule has 128 valence electrons. The standard InChI is InChI=1S/C20H23ClO2S/c1-4-14(2)13-20(3)18(22)17(19(23)24-20)8-6-5-7-15-9-11-16(21)12-10-15/h4,9-13,17H,1,5-8H2,2-3H3/t17?,20-/m1/s1.